The molecule has 0 saturated heterocycles. The van der Waals surface area contributed by atoms with Gasteiger partial charge in [0.1, 0.15) is 11.5 Å². The number of aliphatic imine (C=N–C) groups is 2. The van der Waals surface area contributed by atoms with Crippen molar-refractivity contribution in [1.29, 1.82) is 0 Å². The van der Waals surface area contributed by atoms with E-state index in [0.717, 1.165) is 44.2 Å². The molecule has 40 heavy (non-hydrogen) atoms. The Hall–Kier alpha value is -3.18. The molecular weight excluding hydrogens is 496 g/mol. The van der Waals surface area contributed by atoms with Crippen molar-refractivity contribution in [3.63, 3.8) is 0 Å². The van der Waals surface area contributed by atoms with Gasteiger partial charge in [0, 0.05) is 24.3 Å². The molecule has 6 atom stereocenters. The van der Waals surface area contributed by atoms with Gasteiger partial charge in [-0.1, -0.05) is 74.8 Å². The number of aromatic hydroxyl groups is 2. The van der Waals surface area contributed by atoms with Gasteiger partial charge >= 0.3 is 0 Å². The van der Waals surface area contributed by atoms with E-state index in [4.69, 9.17) is 14.7 Å². The first-order chi connectivity index (χ1) is 19.6. The fourth-order valence-corrected chi connectivity index (χ4v) is 7.29. The van der Waals surface area contributed by atoms with Gasteiger partial charge in [0.2, 0.25) is 0 Å². The van der Waals surface area contributed by atoms with Gasteiger partial charge in [0.05, 0.1) is 17.4 Å². The number of phenols is 2. The summed E-state index contributed by atoms with van der Waals surface area (Å²) in [7, 11) is 0. The predicted molar refractivity (Wildman–Crippen MR) is 162 cm³/mol. The minimum atomic E-state index is -0.368. The normalized spacial score (nSPS) is 29.6. The van der Waals surface area contributed by atoms with Crippen LogP contribution in [0.3, 0.4) is 0 Å². The molecule has 6 unspecified atom stereocenters. The molecule has 1 aromatic carbocycles. The zero-order valence-electron chi connectivity index (χ0n) is 23.8. The van der Waals surface area contributed by atoms with Crippen LogP contribution >= 0.6 is 0 Å². The monoisotopic (exact) mass is 538 g/mol. The summed E-state index contributed by atoms with van der Waals surface area (Å²) >= 11 is 0. The highest BCUT2D eigenvalue weighted by molar-refractivity contribution is 6.15. The average Bonchev–Trinajstić information content (AvgIpc) is 2.98. The van der Waals surface area contributed by atoms with Crippen LogP contribution in [0.4, 0.5) is 0 Å². The minimum absolute atomic E-state index is 0.0186. The molecule has 0 bridgehead atoms. The Bertz CT molecular complexity index is 1340. The summed E-state index contributed by atoms with van der Waals surface area (Å²) in [5.74, 6) is 2.29. The Labute approximate surface area is 238 Å². The van der Waals surface area contributed by atoms with E-state index in [1.807, 2.05) is 0 Å². The maximum atomic E-state index is 10.7. The Morgan fingerprint density at radius 2 is 1.90 bits per heavy atom. The smallest absolute Gasteiger partial charge is 0.161 e. The van der Waals surface area contributed by atoms with Crippen molar-refractivity contribution in [3.05, 3.63) is 83.0 Å². The summed E-state index contributed by atoms with van der Waals surface area (Å²) in [6, 6.07) is 4.63. The van der Waals surface area contributed by atoms with Crippen LogP contribution in [0.2, 0.25) is 0 Å². The number of ether oxygens (including phenoxy) is 1. The second-order valence-corrected chi connectivity index (χ2v) is 11.9. The summed E-state index contributed by atoms with van der Waals surface area (Å²) in [5, 5.41) is 20.7. The van der Waals surface area contributed by atoms with Crippen molar-refractivity contribution in [3.8, 4) is 11.5 Å². The minimum Gasteiger partial charge on any atom is -0.508 e. The van der Waals surface area contributed by atoms with Gasteiger partial charge < -0.3 is 14.9 Å². The first kappa shape index (κ1) is 27.0. The van der Waals surface area contributed by atoms with Gasteiger partial charge in [0.15, 0.2) is 12.1 Å². The third-order valence-corrected chi connectivity index (χ3v) is 9.38. The van der Waals surface area contributed by atoms with Crippen LogP contribution in [0.25, 0.3) is 0 Å². The lowest BCUT2D eigenvalue weighted by atomic mass is 9.61. The zero-order valence-corrected chi connectivity index (χ0v) is 23.8. The number of fused-ring (bicyclic) bond motifs is 4. The third kappa shape index (κ3) is 5.28. The largest absolute Gasteiger partial charge is 0.508 e. The van der Waals surface area contributed by atoms with E-state index >= 15 is 0 Å². The molecule has 0 fully saturated rings. The highest BCUT2D eigenvalue weighted by Gasteiger charge is 2.40. The van der Waals surface area contributed by atoms with Crippen LogP contribution in [0.1, 0.15) is 77.2 Å². The number of nitrogens with zero attached hydrogens (tertiary/aromatic N) is 2. The van der Waals surface area contributed by atoms with Gasteiger partial charge in [-0.15, -0.1) is 0 Å². The molecule has 1 aromatic rings. The van der Waals surface area contributed by atoms with E-state index in [1.165, 1.54) is 30.1 Å². The van der Waals surface area contributed by atoms with E-state index < -0.39 is 0 Å². The van der Waals surface area contributed by atoms with Gasteiger partial charge in [0.25, 0.3) is 0 Å². The van der Waals surface area contributed by atoms with E-state index in [2.05, 4.69) is 56.4 Å². The molecule has 210 valence electrons. The van der Waals surface area contributed by atoms with Crippen molar-refractivity contribution in [2.24, 2.45) is 33.7 Å². The number of hydrogen-bond acceptors (Lipinski definition) is 5. The Morgan fingerprint density at radius 1 is 1.05 bits per heavy atom. The van der Waals surface area contributed by atoms with Crippen LogP contribution < -0.4 is 0 Å². The van der Waals surface area contributed by atoms with Crippen LogP contribution in [0, 0.1) is 23.7 Å². The lowest BCUT2D eigenvalue weighted by Gasteiger charge is -2.43. The van der Waals surface area contributed by atoms with Crippen molar-refractivity contribution >= 4 is 11.5 Å². The number of rotatable bonds is 8. The van der Waals surface area contributed by atoms with Crippen LogP contribution in [-0.2, 0) is 4.74 Å². The molecule has 1 heterocycles. The number of amidine groups is 1. The SMILES string of the molecule is CCCCC(CC)OC1CC(C2=CC3=C(CCC4C=CCCC34)C3C=CC=CC23)=NC(c2ccc(O)cc2O)=N1. The van der Waals surface area contributed by atoms with Crippen LogP contribution in [0.15, 0.2) is 87.4 Å². The molecular formula is C35H42N2O3. The molecule has 4 aliphatic carbocycles. The molecule has 1 aliphatic heterocycles. The van der Waals surface area contributed by atoms with Crippen molar-refractivity contribution in [1.82, 2.24) is 0 Å². The number of unbranched alkanes of at least 4 members (excludes halogenated alkanes) is 1. The highest BCUT2D eigenvalue weighted by atomic mass is 16.5. The molecule has 5 nitrogen and oxygen atoms in total. The zero-order chi connectivity index (χ0) is 27.6. The summed E-state index contributed by atoms with van der Waals surface area (Å²) in [6.07, 6.45) is 25.8. The first-order valence-electron chi connectivity index (χ1n) is 15.3. The van der Waals surface area contributed by atoms with Crippen molar-refractivity contribution < 1.29 is 14.9 Å². The maximum Gasteiger partial charge on any atom is 0.161 e. The Balaban J connectivity index is 1.41. The van der Waals surface area contributed by atoms with Crippen molar-refractivity contribution in [2.75, 3.05) is 0 Å². The average molecular weight is 539 g/mol. The molecule has 0 aromatic heterocycles. The molecule has 5 aliphatic rings. The van der Waals surface area contributed by atoms with E-state index in [9.17, 15) is 10.2 Å². The lowest BCUT2D eigenvalue weighted by molar-refractivity contribution is -0.0110. The molecule has 5 heteroatoms. The molecule has 0 spiro atoms. The number of hydrogen-bond donors (Lipinski definition) is 2. The quantitative estimate of drug-likeness (QED) is 0.330. The van der Waals surface area contributed by atoms with Gasteiger partial charge in [-0.3, -0.25) is 0 Å². The Morgan fingerprint density at radius 3 is 2.70 bits per heavy atom. The Kier molecular flexibility index (Phi) is 7.93. The fourth-order valence-electron chi connectivity index (χ4n) is 7.29. The topological polar surface area (TPSA) is 74.4 Å². The van der Waals surface area contributed by atoms with Gasteiger partial charge in [-0.05, 0) is 73.6 Å². The standard InChI is InChI=1S/C35H42N2O3/c1-3-5-11-24(4-2)40-34-21-32(36-35(37-34)29-18-16-23(38)19-33(29)39)31-20-30-25-12-7-6-10-22(25)15-17-28(30)26-13-8-9-14-27(26)31/h6,8-10,13-14,16,18-20,22,24-27,34,38-39H,3-5,7,11-12,15,17,21H2,1-2H3. The van der Waals surface area contributed by atoms with Crippen LogP contribution in [-0.4, -0.2) is 34.1 Å². The van der Waals surface area contributed by atoms with E-state index in [-0.39, 0.29) is 29.7 Å². The van der Waals surface area contributed by atoms with Crippen molar-refractivity contribution in [2.45, 2.75) is 84.0 Å². The number of allylic oxidation sites excluding steroid dienone is 10. The highest BCUT2D eigenvalue weighted by Crippen LogP contribution is 2.50. The van der Waals surface area contributed by atoms with E-state index in [0.29, 0.717) is 35.6 Å². The number of phenolic OH excluding ortho intramolecular Hbond substituents is 2. The summed E-state index contributed by atoms with van der Waals surface area (Å²) < 4.78 is 6.63. The molecule has 0 radical (unpaired) electrons. The molecule has 0 amide bonds. The maximum absolute atomic E-state index is 10.7. The summed E-state index contributed by atoms with van der Waals surface area (Å²) in [6.45, 7) is 4.38. The number of benzene rings is 1. The molecule has 0 saturated carbocycles. The van der Waals surface area contributed by atoms with Gasteiger partial charge in [-0.25, -0.2) is 9.98 Å². The summed E-state index contributed by atoms with van der Waals surface area (Å²) in [5.41, 5.74) is 5.93. The second-order valence-electron chi connectivity index (χ2n) is 11.9. The lowest BCUT2D eigenvalue weighted by Crippen LogP contribution is -2.35. The van der Waals surface area contributed by atoms with E-state index in [1.54, 1.807) is 17.7 Å². The predicted octanol–water partition coefficient (Wildman–Crippen LogP) is 7.97. The molecule has 6 rings (SSSR count). The molecule has 2 N–H and O–H groups in total. The first-order valence-corrected chi connectivity index (χ1v) is 15.3. The second kappa shape index (κ2) is 11.7. The fraction of sp³-hybridized carbons (Fsp3) is 0.486. The van der Waals surface area contributed by atoms with Crippen LogP contribution in [0.5, 0.6) is 11.5 Å². The summed E-state index contributed by atoms with van der Waals surface area (Å²) in [4.78, 5) is 10.0. The van der Waals surface area contributed by atoms with Gasteiger partial charge in [-0.2, -0.15) is 0 Å². The third-order valence-electron chi connectivity index (χ3n) is 9.38.